The molecule has 5 heteroatoms. The van der Waals surface area contributed by atoms with Gasteiger partial charge in [-0.05, 0) is 36.8 Å². The van der Waals surface area contributed by atoms with Crippen LogP contribution in [-0.2, 0) is 0 Å². The van der Waals surface area contributed by atoms with Gasteiger partial charge in [-0.25, -0.2) is 4.68 Å². The fourth-order valence-corrected chi connectivity index (χ4v) is 2.89. The highest BCUT2D eigenvalue weighted by Gasteiger charge is 2.14. The summed E-state index contributed by atoms with van der Waals surface area (Å²) in [7, 11) is 1.62. The number of hydrogen-bond acceptors (Lipinski definition) is 3. The van der Waals surface area contributed by atoms with E-state index in [1.54, 1.807) is 18.0 Å². The summed E-state index contributed by atoms with van der Waals surface area (Å²) in [6, 6.07) is 13.4. The molecule has 2 heterocycles. The Balaban J connectivity index is 2.12. The monoisotopic (exact) mass is 305 g/mol. The van der Waals surface area contributed by atoms with Crippen molar-refractivity contribution in [3.05, 3.63) is 64.6 Å². The van der Waals surface area contributed by atoms with Gasteiger partial charge in [0.1, 0.15) is 11.3 Å². The molecule has 0 amide bonds. The smallest absolute Gasteiger partial charge is 0.280 e. The summed E-state index contributed by atoms with van der Waals surface area (Å²) in [5.74, 6) is 0.704. The van der Waals surface area contributed by atoms with E-state index in [0.717, 1.165) is 27.7 Å². The maximum Gasteiger partial charge on any atom is 0.280 e. The van der Waals surface area contributed by atoms with Crippen LogP contribution in [0.25, 0.3) is 27.5 Å². The Morgan fingerprint density at radius 1 is 1.13 bits per heavy atom. The molecule has 4 aromatic rings. The van der Waals surface area contributed by atoms with Crippen molar-refractivity contribution in [3.8, 4) is 11.4 Å². The minimum absolute atomic E-state index is 0.110. The molecule has 4 rings (SSSR count). The van der Waals surface area contributed by atoms with Crippen LogP contribution in [0.3, 0.4) is 0 Å². The molecule has 0 atom stereocenters. The first-order valence-electron chi connectivity index (χ1n) is 7.32. The van der Waals surface area contributed by atoms with E-state index >= 15 is 0 Å². The maximum absolute atomic E-state index is 12.7. The number of H-pyrrole nitrogens is 1. The van der Waals surface area contributed by atoms with E-state index in [1.165, 1.54) is 0 Å². The molecule has 0 aliphatic carbocycles. The van der Waals surface area contributed by atoms with Crippen LogP contribution in [0.1, 0.15) is 5.56 Å². The molecule has 0 saturated carbocycles. The first kappa shape index (κ1) is 13.6. The molecule has 0 aliphatic heterocycles. The Morgan fingerprint density at radius 3 is 2.65 bits per heavy atom. The van der Waals surface area contributed by atoms with Crippen molar-refractivity contribution in [2.75, 3.05) is 7.11 Å². The normalized spacial score (nSPS) is 11.2. The number of aromatic nitrogens is 3. The summed E-state index contributed by atoms with van der Waals surface area (Å²) in [5.41, 5.74) is 3.25. The number of ether oxygens (including phenoxy) is 1. The second-order valence-electron chi connectivity index (χ2n) is 5.50. The van der Waals surface area contributed by atoms with E-state index < -0.39 is 0 Å². The highest BCUT2D eigenvalue weighted by Crippen LogP contribution is 2.29. The molecule has 0 spiro atoms. The summed E-state index contributed by atoms with van der Waals surface area (Å²) >= 11 is 0. The molecule has 0 radical (unpaired) electrons. The fourth-order valence-electron chi connectivity index (χ4n) is 2.89. The number of aryl methyl sites for hydroxylation is 1. The molecule has 2 aromatic carbocycles. The largest absolute Gasteiger partial charge is 0.494 e. The zero-order chi connectivity index (χ0) is 16.0. The van der Waals surface area contributed by atoms with Crippen LogP contribution in [0.2, 0.25) is 0 Å². The SMILES string of the molecule is COc1cc(C)cc2c1ncc1c(=O)n(-c3ccccc3)[nH]c12. The topological polar surface area (TPSA) is 59.9 Å². The van der Waals surface area contributed by atoms with Crippen LogP contribution in [0, 0.1) is 6.92 Å². The molecule has 2 aromatic heterocycles. The number of nitrogens with zero attached hydrogens (tertiary/aromatic N) is 2. The van der Waals surface area contributed by atoms with Gasteiger partial charge in [-0.1, -0.05) is 18.2 Å². The standard InChI is InChI=1S/C18H15N3O2/c1-11-8-13-16-14(10-19-17(13)15(9-11)23-2)18(22)21(20-16)12-6-4-3-5-7-12/h3-10,20H,1-2H3. The van der Waals surface area contributed by atoms with E-state index in [0.29, 0.717) is 11.1 Å². The second kappa shape index (κ2) is 4.98. The first-order chi connectivity index (χ1) is 11.2. The molecule has 0 saturated heterocycles. The Labute approximate surface area is 132 Å². The van der Waals surface area contributed by atoms with Gasteiger partial charge in [0.15, 0.2) is 0 Å². The zero-order valence-corrected chi connectivity index (χ0v) is 12.8. The van der Waals surface area contributed by atoms with Crippen LogP contribution >= 0.6 is 0 Å². The molecule has 23 heavy (non-hydrogen) atoms. The van der Waals surface area contributed by atoms with E-state index in [2.05, 4.69) is 10.1 Å². The number of hydrogen-bond donors (Lipinski definition) is 1. The number of pyridine rings is 1. The lowest BCUT2D eigenvalue weighted by atomic mass is 10.1. The van der Waals surface area contributed by atoms with Crippen molar-refractivity contribution in [1.29, 1.82) is 0 Å². The van der Waals surface area contributed by atoms with Gasteiger partial charge in [0.25, 0.3) is 5.56 Å². The Kier molecular flexibility index (Phi) is 2.94. The molecule has 0 unspecified atom stereocenters. The predicted octanol–water partition coefficient (Wildman–Crippen LogP) is 3.18. The third-order valence-corrected chi connectivity index (χ3v) is 3.97. The number of rotatable bonds is 2. The lowest BCUT2D eigenvalue weighted by Gasteiger charge is -2.06. The molecule has 0 aliphatic rings. The van der Waals surface area contributed by atoms with Gasteiger partial charge in [-0.2, -0.15) is 0 Å². The predicted molar refractivity (Wildman–Crippen MR) is 90.5 cm³/mol. The minimum atomic E-state index is -0.110. The molecular formula is C18H15N3O2. The summed E-state index contributed by atoms with van der Waals surface area (Å²) in [6.07, 6.45) is 1.60. The van der Waals surface area contributed by atoms with Gasteiger partial charge >= 0.3 is 0 Å². The molecule has 5 nitrogen and oxygen atoms in total. The van der Waals surface area contributed by atoms with Crippen molar-refractivity contribution < 1.29 is 4.74 Å². The number of para-hydroxylation sites is 1. The van der Waals surface area contributed by atoms with Gasteiger partial charge in [0, 0.05) is 11.6 Å². The van der Waals surface area contributed by atoms with E-state index in [9.17, 15) is 4.79 Å². The van der Waals surface area contributed by atoms with Crippen molar-refractivity contribution in [2.45, 2.75) is 6.92 Å². The van der Waals surface area contributed by atoms with Gasteiger partial charge in [0.05, 0.1) is 23.7 Å². The Morgan fingerprint density at radius 2 is 1.91 bits per heavy atom. The number of benzene rings is 2. The highest BCUT2D eigenvalue weighted by atomic mass is 16.5. The van der Waals surface area contributed by atoms with Crippen molar-refractivity contribution in [1.82, 2.24) is 14.8 Å². The summed E-state index contributed by atoms with van der Waals surface area (Å²) in [6.45, 7) is 1.99. The van der Waals surface area contributed by atoms with Crippen molar-refractivity contribution in [2.24, 2.45) is 0 Å². The van der Waals surface area contributed by atoms with E-state index in [1.807, 2.05) is 49.4 Å². The molecule has 1 N–H and O–H groups in total. The van der Waals surface area contributed by atoms with Crippen LogP contribution in [0.15, 0.2) is 53.5 Å². The van der Waals surface area contributed by atoms with Gasteiger partial charge in [-0.3, -0.25) is 14.9 Å². The number of fused-ring (bicyclic) bond motifs is 3. The molecular weight excluding hydrogens is 290 g/mol. The third kappa shape index (κ3) is 2.01. The molecule has 114 valence electrons. The zero-order valence-electron chi connectivity index (χ0n) is 12.8. The van der Waals surface area contributed by atoms with E-state index in [-0.39, 0.29) is 5.56 Å². The minimum Gasteiger partial charge on any atom is -0.494 e. The third-order valence-electron chi connectivity index (χ3n) is 3.97. The van der Waals surface area contributed by atoms with Crippen LogP contribution in [0.5, 0.6) is 5.75 Å². The maximum atomic E-state index is 12.7. The average Bonchev–Trinajstić information content (AvgIpc) is 2.92. The Hall–Kier alpha value is -3.08. The van der Waals surface area contributed by atoms with Crippen LogP contribution in [-0.4, -0.2) is 21.9 Å². The summed E-state index contributed by atoms with van der Waals surface area (Å²) < 4.78 is 6.96. The lowest BCUT2D eigenvalue weighted by molar-refractivity contribution is 0.418. The summed E-state index contributed by atoms with van der Waals surface area (Å²) in [5, 5.41) is 4.65. The van der Waals surface area contributed by atoms with Crippen LogP contribution in [0.4, 0.5) is 0 Å². The van der Waals surface area contributed by atoms with Gasteiger partial charge in [-0.15, -0.1) is 0 Å². The Bertz CT molecular complexity index is 1080. The molecule has 0 bridgehead atoms. The lowest BCUT2D eigenvalue weighted by Crippen LogP contribution is -2.13. The number of methoxy groups -OCH3 is 1. The molecule has 0 fully saturated rings. The summed E-state index contributed by atoms with van der Waals surface area (Å²) in [4.78, 5) is 17.1. The van der Waals surface area contributed by atoms with Gasteiger partial charge in [0.2, 0.25) is 0 Å². The highest BCUT2D eigenvalue weighted by molar-refractivity contribution is 6.05. The van der Waals surface area contributed by atoms with Crippen molar-refractivity contribution in [3.63, 3.8) is 0 Å². The quantitative estimate of drug-likeness (QED) is 0.619. The average molecular weight is 305 g/mol. The number of aromatic amines is 1. The number of nitrogens with one attached hydrogen (secondary N) is 1. The van der Waals surface area contributed by atoms with Crippen molar-refractivity contribution >= 4 is 21.8 Å². The fraction of sp³-hybridized carbons (Fsp3) is 0.111. The second-order valence-corrected chi connectivity index (χ2v) is 5.50. The van der Waals surface area contributed by atoms with Crippen LogP contribution < -0.4 is 10.3 Å². The first-order valence-corrected chi connectivity index (χ1v) is 7.32. The van der Waals surface area contributed by atoms with E-state index in [4.69, 9.17) is 4.74 Å². The van der Waals surface area contributed by atoms with Gasteiger partial charge < -0.3 is 4.74 Å².